The van der Waals surface area contributed by atoms with Crippen molar-refractivity contribution in [3.63, 3.8) is 0 Å². The van der Waals surface area contributed by atoms with Gasteiger partial charge in [0.1, 0.15) is 31.0 Å². The maximum atomic E-state index is 11.8. The van der Waals surface area contributed by atoms with Crippen LogP contribution in [0.15, 0.2) is 5.18 Å². The van der Waals surface area contributed by atoms with Crippen LogP contribution in [0.4, 0.5) is 0 Å². The molecule has 5 unspecified atom stereocenters. The fourth-order valence-electron chi connectivity index (χ4n) is 3.58. The second-order valence-corrected chi connectivity index (χ2v) is 5.56. The first-order valence-corrected chi connectivity index (χ1v) is 6.44. The number of ether oxygens (including phenoxy) is 2. The standard InChI is InChI=1S/C12H18N2O4/c1-4-12(3)11-8(14(12)6(2)15)10-9(18-10)7(17-11)5-13-16/h7-11H,4-5H2,1-3H3/t7?,8?,9?,10-,11?,12?/m1/s1. The third kappa shape index (κ3) is 1.33. The topological polar surface area (TPSA) is 71.5 Å². The van der Waals surface area contributed by atoms with Crippen LogP contribution in [-0.2, 0) is 14.3 Å². The van der Waals surface area contributed by atoms with Gasteiger partial charge in [0, 0.05) is 6.92 Å². The van der Waals surface area contributed by atoms with Crippen molar-refractivity contribution in [1.82, 2.24) is 4.90 Å². The molecule has 1 amide bonds. The van der Waals surface area contributed by atoms with Crippen LogP contribution < -0.4 is 0 Å². The van der Waals surface area contributed by atoms with Gasteiger partial charge in [-0.1, -0.05) is 12.1 Å². The maximum absolute atomic E-state index is 11.8. The largest absolute Gasteiger partial charge is 0.365 e. The van der Waals surface area contributed by atoms with Gasteiger partial charge in [-0.05, 0) is 13.3 Å². The number of nitroso groups, excluding NO2 is 1. The van der Waals surface area contributed by atoms with Crippen LogP contribution in [0, 0.1) is 4.91 Å². The van der Waals surface area contributed by atoms with Gasteiger partial charge in [-0.25, -0.2) is 0 Å². The second kappa shape index (κ2) is 3.74. The number of carbonyl (C=O) groups excluding carboxylic acids is 1. The molecular formula is C12H18N2O4. The van der Waals surface area contributed by atoms with E-state index in [1.54, 1.807) is 6.92 Å². The number of fused-ring (bicyclic) bond motifs is 3. The first-order valence-electron chi connectivity index (χ1n) is 6.44. The molecule has 6 atom stereocenters. The molecule has 3 aliphatic rings. The molecular weight excluding hydrogens is 236 g/mol. The van der Waals surface area contributed by atoms with Crippen LogP contribution in [0.1, 0.15) is 27.2 Å². The van der Waals surface area contributed by atoms with E-state index in [0.29, 0.717) is 0 Å². The molecule has 0 aromatic carbocycles. The highest BCUT2D eigenvalue weighted by Crippen LogP contribution is 2.53. The number of epoxide rings is 1. The minimum Gasteiger partial charge on any atom is -0.365 e. The predicted octanol–water partition coefficient (Wildman–Crippen LogP) is 0.687. The van der Waals surface area contributed by atoms with E-state index < -0.39 is 0 Å². The molecule has 0 saturated carbocycles. The molecule has 3 heterocycles. The molecule has 6 nitrogen and oxygen atoms in total. The minimum absolute atomic E-state index is 0.0142. The number of hydrogen-bond donors (Lipinski definition) is 0. The molecule has 3 saturated heterocycles. The summed E-state index contributed by atoms with van der Waals surface area (Å²) in [6, 6.07) is 0.0142. The van der Waals surface area contributed by atoms with Gasteiger partial charge in [0.05, 0.1) is 11.6 Å². The average molecular weight is 254 g/mol. The summed E-state index contributed by atoms with van der Waals surface area (Å²) in [5.74, 6) is 0.0606. The summed E-state index contributed by atoms with van der Waals surface area (Å²) >= 11 is 0. The maximum Gasteiger partial charge on any atom is 0.220 e. The summed E-state index contributed by atoms with van der Waals surface area (Å²) in [6.45, 7) is 5.79. The van der Waals surface area contributed by atoms with Crippen molar-refractivity contribution >= 4 is 5.91 Å². The Morgan fingerprint density at radius 3 is 2.67 bits per heavy atom. The number of likely N-dealkylation sites (tertiary alicyclic amines) is 1. The molecule has 0 aromatic rings. The smallest absolute Gasteiger partial charge is 0.220 e. The Kier molecular flexibility index (Phi) is 2.50. The van der Waals surface area contributed by atoms with Gasteiger partial charge in [-0.3, -0.25) is 4.79 Å². The Hall–Kier alpha value is -1.01. The predicted molar refractivity (Wildman–Crippen MR) is 63.0 cm³/mol. The number of amides is 1. The van der Waals surface area contributed by atoms with Crippen molar-refractivity contribution in [2.24, 2.45) is 5.18 Å². The van der Waals surface area contributed by atoms with E-state index >= 15 is 0 Å². The Morgan fingerprint density at radius 2 is 2.11 bits per heavy atom. The van der Waals surface area contributed by atoms with Crippen LogP contribution in [0.2, 0.25) is 0 Å². The Bertz CT molecular complexity index is 402. The molecule has 0 radical (unpaired) electrons. The first-order chi connectivity index (χ1) is 8.54. The van der Waals surface area contributed by atoms with Crippen LogP contribution in [-0.4, -0.2) is 53.3 Å². The summed E-state index contributed by atoms with van der Waals surface area (Å²) in [6.07, 6.45) is 0.508. The quantitative estimate of drug-likeness (QED) is 0.548. The minimum atomic E-state index is -0.283. The zero-order chi connectivity index (χ0) is 13.1. The van der Waals surface area contributed by atoms with E-state index in [1.807, 2.05) is 18.7 Å². The van der Waals surface area contributed by atoms with E-state index in [1.165, 1.54) is 0 Å². The number of carbonyl (C=O) groups is 1. The third-order valence-electron chi connectivity index (χ3n) is 4.67. The molecule has 0 N–H and O–H groups in total. The Balaban J connectivity index is 1.84. The van der Waals surface area contributed by atoms with Crippen molar-refractivity contribution in [1.29, 1.82) is 0 Å². The molecule has 18 heavy (non-hydrogen) atoms. The normalized spacial score (nSPS) is 48.8. The first kappa shape index (κ1) is 12.0. The van der Waals surface area contributed by atoms with E-state index in [4.69, 9.17) is 9.47 Å². The fourth-order valence-corrected chi connectivity index (χ4v) is 3.58. The molecule has 0 spiro atoms. The highest BCUT2D eigenvalue weighted by Gasteiger charge is 2.71. The van der Waals surface area contributed by atoms with Crippen LogP contribution >= 0.6 is 0 Å². The SMILES string of the molecule is CCC1(C)C2OC(CN=O)C3O[C@@H]3C2N1C(C)=O. The summed E-state index contributed by atoms with van der Waals surface area (Å²) in [5, 5.41) is 2.91. The lowest BCUT2D eigenvalue weighted by atomic mass is 9.71. The number of hydrogen-bond acceptors (Lipinski definition) is 5. The summed E-state index contributed by atoms with van der Waals surface area (Å²) in [5.41, 5.74) is -0.283. The average Bonchev–Trinajstić information content (AvgIpc) is 3.09. The Morgan fingerprint density at radius 1 is 1.39 bits per heavy atom. The van der Waals surface area contributed by atoms with Crippen molar-refractivity contribution in [2.45, 2.75) is 63.2 Å². The highest BCUT2D eigenvalue weighted by atomic mass is 16.6. The molecule has 0 aromatic heterocycles. The van der Waals surface area contributed by atoms with Gasteiger partial charge in [-0.2, -0.15) is 4.91 Å². The third-order valence-corrected chi connectivity index (χ3v) is 4.67. The van der Waals surface area contributed by atoms with Crippen molar-refractivity contribution < 1.29 is 14.3 Å². The van der Waals surface area contributed by atoms with Crippen LogP contribution in [0.25, 0.3) is 0 Å². The van der Waals surface area contributed by atoms with Crippen molar-refractivity contribution in [2.75, 3.05) is 6.54 Å². The van der Waals surface area contributed by atoms with Gasteiger partial charge in [0.25, 0.3) is 0 Å². The molecule has 0 bridgehead atoms. The van der Waals surface area contributed by atoms with Crippen molar-refractivity contribution in [3.8, 4) is 0 Å². The zero-order valence-corrected chi connectivity index (χ0v) is 10.8. The fraction of sp³-hybridized carbons (Fsp3) is 0.917. The van der Waals surface area contributed by atoms with Crippen LogP contribution in [0.5, 0.6) is 0 Å². The lowest BCUT2D eigenvalue weighted by Crippen LogP contribution is -2.80. The summed E-state index contributed by atoms with van der Waals surface area (Å²) in [4.78, 5) is 24.1. The number of nitrogens with zero attached hydrogens (tertiary/aromatic N) is 2. The number of rotatable bonds is 3. The van der Waals surface area contributed by atoms with Gasteiger partial charge < -0.3 is 14.4 Å². The molecule has 6 heteroatoms. The summed E-state index contributed by atoms with van der Waals surface area (Å²) in [7, 11) is 0. The van der Waals surface area contributed by atoms with Gasteiger partial charge in [0.15, 0.2) is 0 Å². The monoisotopic (exact) mass is 254 g/mol. The molecule has 3 fully saturated rings. The van der Waals surface area contributed by atoms with Crippen LogP contribution in [0.3, 0.4) is 0 Å². The molecule has 3 aliphatic heterocycles. The van der Waals surface area contributed by atoms with E-state index in [9.17, 15) is 9.70 Å². The molecule has 100 valence electrons. The zero-order valence-electron chi connectivity index (χ0n) is 10.8. The van der Waals surface area contributed by atoms with Gasteiger partial charge >= 0.3 is 0 Å². The molecule has 3 rings (SSSR count). The van der Waals surface area contributed by atoms with Crippen molar-refractivity contribution in [3.05, 3.63) is 4.91 Å². The lowest BCUT2D eigenvalue weighted by molar-refractivity contribution is -0.231. The van der Waals surface area contributed by atoms with Gasteiger partial charge in [-0.15, -0.1) is 0 Å². The summed E-state index contributed by atoms with van der Waals surface area (Å²) < 4.78 is 11.5. The highest BCUT2D eigenvalue weighted by molar-refractivity contribution is 5.76. The van der Waals surface area contributed by atoms with E-state index in [0.717, 1.165) is 6.42 Å². The van der Waals surface area contributed by atoms with E-state index in [-0.39, 0.29) is 48.4 Å². The van der Waals surface area contributed by atoms with E-state index in [2.05, 4.69) is 5.18 Å². The van der Waals surface area contributed by atoms with Gasteiger partial charge in [0.2, 0.25) is 5.91 Å². The Labute approximate surface area is 106 Å². The second-order valence-electron chi connectivity index (χ2n) is 5.56. The lowest BCUT2D eigenvalue weighted by Gasteiger charge is -2.63. The molecule has 0 aliphatic carbocycles.